The van der Waals surface area contributed by atoms with Crippen LogP contribution in [0.2, 0.25) is 0 Å². The second kappa shape index (κ2) is 6.19. The number of pyridine rings is 1. The average molecular weight is 268 g/mol. The van der Waals surface area contributed by atoms with Crippen LogP contribution in [0.25, 0.3) is 0 Å². The van der Waals surface area contributed by atoms with Crippen molar-refractivity contribution in [2.45, 2.75) is 45.7 Å². The van der Waals surface area contributed by atoms with Crippen LogP contribution in [0.5, 0.6) is 0 Å². The third-order valence-corrected chi connectivity index (χ3v) is 3.62. The van der Waals surface area contributed by atoms with Crippen molar-refractivity contribution in [1.29, 1.82) is 0 Å². The lowest BCUT2D eigenvalue weighted by Crippen LogP contribution is -2.18. The van der Waals surface area contributed by atoms with Crippen molar-refractivity contribution in [3.8, 4) is 0 Å². The zero-order valence-corrected chi connectivity index (χ0v) is 12.9. The summed E-state index contributed by atoms with van der Waals surface area (Å²) in [6, 6.07) is 13.3. The van der Waals surface area contributed by atoms with Gasteiger partial charge in [0.05, 0.1) is 0 Å². The molecule has 0 saturated heterocycles. The molecule has 0 fully saturated rings. The van der Waals surface area contributed by atoms with E-state index in [4.69, 9.17) is 0 Å². The van der Waals surface area contributed by atoms with Crippen LogP contribution in [0.3, 0.4) is 0 Å². The molecule has 106 valence electrons. The summed E-state index contributed by atoms with van der Waals surface area (Å²) in [5.74, 6) is 0. The molecule has 0 spiro atoms. The molecule has 0 radical (unpaired) electrons. The summed E-state index contributed by atoms with van der Waals surface area (Å²) in [4.78, 5) is 4.16. The third kappa shape index (κ3) is 3.91. The third-order valence-electron chi connectivity index (χ3n) is 3.62. The fraction of sp³-hybridized carbons (Fsp3) is 0.389. The van der Waals surface area contributed by atoms with E-state index in [0.717, 1.165) is 6.54 Å². The summed E-state index contributed by atoms with van der Waals surface area (Å²) in [6.07, 6.45) is 3.72. The minimum atomic E-state index is 0.217. The SMILES string of the molecule is C[C@H](NCc1ccc(C(C)(C)C)cc1)c1cccnc1. The lowest BCUT2D eigenvalue weighted by atomic mass is 9.87. The van der Waals surface area contributed by atoms with E-state index >= 15 is 0 Å². The fourth-order valence-electron chi connectivity index (χ4n) is 2.14. The topological polar surface area (TPSA) is 24.9 Å². The van der Waals surface area contributed by atoms with Gasteiger partial charge < -0.3 is 5.32 Å². The molecule has 2 aromatic rings. The fourth-order valence-corrected chi connectivity index (χ4v) is 2.14. The number of hydrogen-bond acceptors (Lipinski definition) is 2. The van der Waals surface area contributed by atoms with Crippen molar-refractivity contribution in [1.82, 2.24) is 10.3 Å². The Balaban J connectivity index is 1.94. The van der Waals surface area contributed by atoms with Crippen molar-refractivity contribution in [3.05, 3.63) is 65.5 Å². The van der Waals surface area contributed by atoms with Crippen molar-refractivity contribution in [2.24, 2.45) is 0 Å². The van der Waals surface area contributed by atoms with Gasteiger partial charge in [-0.1, -0.05) is 51.1 Å². The quantitative estimate of drug-likeness (QED) is 0.897. The molecule has 0 aliphatic rings. The molecule has 0 amide bonds. The highest BCUT2D eigenvalue weighted by molar-refractivity contribution is 5.27. The number of benzene rings is 1. The minimum Gasteiger partial charge on any atom is -0.306 e. The Kier molecular flexibility index (Phi) is 4.56. The highest BCUT2D eigenvalue weighted by Gasteiger charge is 2.12. The number of aromatic nitrogens is 1. The van der Waals surface area contributed by atoms with Crippen molar-refractivity contribution in [2.75, 3.05) is 0 Å². The predicted octanol–water partition coefficient (Wildman–Crippen LogP) is 4.23. The van der Waals surface area contributed by atoms with Gasteiger partial charge in [0.15, 0.2) is 0 Å². The molecule has 0 aliphatic carbocycles. The molecule has 0 bridgehead atoms. The number of nitrogens with one attached hydrogen (secondary N) is 1. The van der Waals surface area contributed by atoms with Gasteiger partial charge >= 0.3 is 0 Å². The zero-order valence-electron chi connectivity index (χ0n) is 12.9. The van der Waals surface area contributed by atoms with E-state index in [1.807, 2.05) is 12.3 Å². The minimum absolute atomic E-state index is 0.217. The predicted molar refractivity (Wildman–Crippen MR) is 84.6 cm³/mol. The van der Waals surface area contributed by atoms with E-state index in [-0.39, 0.29) is 5.41 Å². The second-order valence-corrected chi connectivity index (χ2v) is 6.34. The standard InChI is InChI=1S/C18H24N2/c1-14(16-6-5-11-19-13-16)20-12-15-7-9-17(10-8-15)18(2,3)4/h5-11,13-14,20H,12H2,1-4H3/t14-/m0/s1. The summed E-state index contributed by atoms with van der Waals surface area (Å²) in [7, 11) is 0. The van der Waals surface area contributed by atoms with Crippen LogP contribution in [0, 0.1) is 0 Å². The van der Waals surface area contributed by atoms with Crippen LogP contribution in [-0.4, -0.2) is 4.98 Å². The molecule has 1 atom stereocenters. The van der Waals surface area contributed by atoms with Gasteiger partial charge in [-0.3, -0.25) is 4.98 Å². The molecular formula is C18H24N2. The van der Waals surface area contributed by atoms with E-state index in [9.17, 15) is 0 Å². The van der Waals surface area contributed by atoms with Gasteiger partial charge in [0.25, 0.3) is 0 Å². The molecule has 0 unspecified atom stereocenters. The van der Waals surface area contributed by atoms with E-state index in [2.05, 4.69) is 68.3 Å². The first kappa shape index (κ1) is 14.7. The highest BCUT2D eigenvalue weighted by Crippen LogP contribution is 2.22. The van der Waals surface area contributed by atoms with E-state index < -0.39 is 0 Å². The maximum atomic E-state index is 4.16. The molecule has 1 N–H and O–H groups in total. The van der Waals surface area contributed by atoms with Crippen molar-refractivity contribution in [3.63, 3.8) is 0 Å². The smallest absolute Gasteiger partial charge is 0.0315 e. The first-order chi connectivity index (χ1) is 9.47. The van der Waals surface area contributed by atoms with Crippen molar-refractivity contribution >= 4 is 0 Å². The van der Waals surface area contributed by atoms with Crippen molar-refractivity contribution < 1.29 is 0 Å². The van der Waals surface area contributed by atoms with Gasteiger partial charge in [-0.15, -0.1) is 0 Å². The summed E-state index contributed by atoms with van der Waals surface area (Å²) in [5, 5.41) is 3.53. The lowest BCUT2D eigenvalue weighted by molar-refractivity contribution is 0.570. The normalized spacial score (nSPS) is 13.2. The molecule has 1 aromatic carbocycles. The van der Waals surface area contributed by atoms with Gasteiger partial charge in [0.1, 0.15) is 0 Å². The molecule has 1 aromatic heterocycles. The van der Waals surface area contributed by atoms with Gasteiger partial charge in [-0.25, -0.2) is 0 Å². The highest BCUT2D eigenvalue weighted by atomic mass is 14.9. The van der Waals surface area contributed by atoms with Gasteiger partial charge in [-0.2, -0.15) is 0 Å². The number of hydrogen-bond donors (Lipinski definition) is 1. The lowest BCUT2D eigenvalue weighted by Gasteiger charge is -2.19. The molecule has 2 rings (SSSR count). The van der Waals surface area contributed by atoms with E-state index in [1.54, 1.807) is 6.20 Å². The summed E-state index contributed by atoms with van der Waals surface area (Å²) in [6.45, 7) is 9.77. The maximum Gasteiger partial charge on any atom is 0.0315 e. The summed E-state index contributed by atoms with van der Waals surface area (Å²) in [5.41, 5.74) is 4.13. The molecular weight excluding hydrogens is 244 g/mol. The molecule has 0 saturated carbocycles. The van der Waals surface area contributed by atoms with Gasteiger partial charge in [0.2, 0.25) is 0 Å². The average Bonchev–Trinajstić information content (AvgIpc) is 2.45. The Hall–Kier alpha value is -1.67. The van der Waals surface area contributed by atoms with Crippen LogP contribution >= 0.6 is 0 Å². The van der Waals surface area contributed by atoms with Gasteiger partial charge in [0, 0.05) is 25.0 Å². The first-order valence-electron chi connectivity index (χ1n) is 7.19. The van der Waals surface area contributed by atoms with Crippen LogP contribution in [0.1, 0.15) is 50.4 Å². The summed E-state index contributed by atoms with van der Waals surface area (Å²) >= 11 is 0. The Morgan fingerprint density at radius 3 is 2.35 bits per heavy atom. The Morgan fingerprint density at radius 2 is 1.80 bits per heavy atom. The molecule has 1 heterocycles. The molecule has 20 heavy (non-hydrogen) atoms. The van der Waals surface area contributed by atoms with E-state index in [0.29, 0.717) is 6.04 Å². The second-order valence-electron chi connectivity index (χ2n) is 6.34. The maximum absolute atomic E-state index is 4.16. The first-order valence-corrected chi connectivity index (χ1v) is 7.19. The Labute approximate surface area is 122 Å². The summed E-state index contributed by atoms with van der Waals surface area (Å²) < 4.78 is 0. The van der Waals surface area contributed by atoms with Gasteiger partial charge in [-0.05, 0) is 35.1 Å². The largest absolute Gasteiger partial charge is 0.306 e. The monoisotopic (exact) mass is 268 g/mol. The Morgan fingerprint density at radius 1 is 1.10 bits per heavy atom. The number of nitrogens with zero attached hydrogens (tertiary/aromatic N) is 1. The zero-order chi connectivity index (χ0) is 14.6. The number of rotatable bonds is 4. The van der Waals surface area contributed by atoms with Crippen LogP contribution in [-0.2, 0) is 12.0 Å². The Bertz CT molecular complexity index is 524. The van der Waals surface area contributed by atoms with E-state index in [1.165, 1.54) is 16.7 Å². The molecule has 2 nitrogen and oxygen atoms in total. The van der Waals surface area contributed by atoms with Crippen LogP contribution in [0.15, 0.2) is 48.8 Å². The van der Waals surface area contributed by atoms with Crippen LogP contribution < -0.4 is 5.32 Å². The molecule has 0 aliphatic heterocycles. The van der Waals surface area contributed by atoms with Crippen LogP contribution in [0.4, 0.5) is 0 Å². The molecule has 2 heteroatoms.